The van der Waals surface area contributed by atoms with E-state index in [1.165, 1.54) is 10.9 Å². The van der Waals surface area contributed by atoms with Crippen LogP contribution in [-0.4, -0.2) is 12.1 Å². The van der Waals surface area contributed by atoms with Crippen molar-refractivity contribution in [3.05, 3.63) is 47.0 Å². The summed E-state index contributed by atoms with van der Waals surface area (Å²) in [5.41, 5.74) is 3.25. The van der Waals surface area contributed by atoms with Crippen molar-refractivity contribution < 1.29 is 9.59 Å². The number of unbranched alkanes of at least 4 members (excludes halogenated alkanes) is 1. The summed E-state index contributed by atoms with van der Waals surface area (Å²) in [5, 5.41) is 2.31. The predicted octanol–water partition coefficient (Wildman–Crippen LogP) is 3.10. The molecule has 0 unspecified atom stereocenters. The number of aldehydes is 1. The Bertz CT molecular complexity index is 641. The molecule has 18 heavy (non-hydrogen) atoms. The molecule has 0 radical (unpaired) electrons. The molecule has 1 aliphatic carbocycles. The highest BCUT2D eigenvalue weighted by atomic mass is 16.1. The molecular formula is C16H14O2. The van der Waals surface area contributed by atoms with Crippen LogP contribution >= 0.6 is 0 Å². The number of hydrogen-bond acceptors (Lipinski definition) is 2. The fraction of sp³-hybridized carbons (Fsp3) is 0.250. The van der Waals surface area contributed by atoms with Crippen LogP contribution in [0, 0.1) is 0 Å². The van der Waals surface area contributed by atoms with Gasteiger partial charge in [0.05, 0.1) is 0 Å². The highest BCUT2D eigenvalue weighted by Gasteiger charge is 2.22. The van der Waals surface area contributed by atoms with Gasteiger partial charge in [0.25, 0.3) is 0 Å². The Kier molecular flexibility index (Phi) is 2.71. The summed E-state index contributed by atoms with van der Waals surface area (Å²) in [5.74, 6) is 0.223. The van der Waals surface area contributed by atoms with E-state index in [-0.39, 0.29) is 5.78 Å². The second-order valence-electron chi connectivity index (χ2n) is 4.77. The third kappa shape index (κ3) is 1.65. The Hall–Kier alpha value is -1.96. The molecule has 1 aliphatic rings. The van der Waals surface area contributed by atoms with Crippen molar-refractivity contribution in [3.8, 4) is 0 Å². The highest BCUT2D eigenvalue weighted by Crippen LogP contribution is 2.33. The second kappa shape index (κ2) is 4.37. The van der Waals surface area contributed by atoms with E-state index in [4.69, 9.17) is 0 Å². The van der Waals surface area contributed by atoms with E-state index in [9.17, 15) is 9.59 Å². The number of carbonyl (C=O) groups is 2. The summed E-state index contributed by atoms with van der Waals surface area (Å²) in [4.78, 5) is 22.2. The van der Waals surface area contributed by atoms with Crippen molar-refractivity contribution in [2.45, 2.75) is 25.7 Å². The van der Waals surface area contributed by atoms with Crippen LogP contribution in [0.25, 0.3) is 10.8 Å². The fourth-order valence-corrected chi connectivity index (χ4v) is 2.78. The van der Waals surface area contributed by atoms with Gasteiger partial charge >= 0.3 is 0 Å². The van der Waals surface area contributed by atoms with E-state index in [2.05, 4.69) is 18.2 Å². The van der Waals surface area contributed by atoms with Gasteiger partial charge in [0.1, 0.15) is 6.29 Å². The monoisotopic (exact) mass is 238 g/mol. The van der Waals surface area contributed by atoms with Crippen LogP contribution in [0.5, 0.6) is 0 Å². The molecule has 0 amide bonds. The van der Waals surface area contributed by atoms with Crippen LogP contribution in [0.2, 0.25) is 0 Å². The van der Waals surface area contributed by atoms with Crippen molar-refractivity contribution >= 4 is 22.8 Å². The number of Topliss-reactive ketones (excluding diaryl/α,β-unsaturated/α-hetero) is 1. The lowest BCUT2D eigenvalue weighted by atomic mass is 9.97. The standard InChI is InChI=1S/C16H14O2/c17-9-2-1-4-11-7-8-12-10-15(18)14-6-3-5-13(11)16(12)14/h3,5-9H,1-2,4,10H2. The Morgan fingerprint density at radius 3 is 2.89 bits per heavy atom. The largest absolute Gasteiger partial charge is 0.303 e. The summed E-state index contributed by atoms with van der Waals surface area (Å²) < 4.78 is 0. The highest BCUT2D eigenvalue weighted by molar-refractivity contribution is 6.16. The molecule has 2 aromatic rings. The molecule has 2 aromatic carbocycles. The maximum atomic E-state index is 11.9. The molecule has 0 atom stereocenters. The van der Waals surface area contributed by atoms with Crippen molar-refractivity contribution in [3.63, 3.8) is 0 Å². The van der Waals surface area contributed by atoms with Crippen LogP contribution < -0.4 is 0 Å². The lowest BCUT2D eigenvalue weighted by Crippen LogP contribution is -1.93. The fourth-order valence-electron chi connectivity index (χ4n) is 2.78. The van der Waals surface area contributed by atoms with E-state index < -0.39 is 0 Å². The van der Waals surface area contributed by atoms with E-state index in [1.807, 2.05) is 12.1 Å². The zero-order valence-corrected chi connectivity index (χ0v) is 10.1. The van der Waals surface area contributed by atoms with Crippen LogP contribution in [0.1, 0.15) is 34.3 Å². The van der Waals surface area contributed by atoms with Crippen molar-refractivity contribution in [2.75, 3.05) is 0 Å². The number of aryl methyl sites for hydroxylation is 1. The van der Waals surface area contributed by atoms with Gasteiger partial charge in [0.15, 0.2) is 5.78 Å². The Morgan fingerprint density at radius 1 is 1.17 bits per heavy atom. The lowest BCUT2D eigenvalue weighted by Gasteiger charge is -2.07. The van der Waals surface area contributed by atoms with Crippen LogP contribution in [0.15, 0.2) is 30.3 Å². The molecule has 0 aliphatic heterocycles. The van der Waals surface area contributed by atoms with Crippen molar-refractivity contribution in [2.24, 2.45) is 0 Å². The van der Waals surface area contributed by atoms with E-state index in [0.29, 0.717) is 12.8 Å². The number of ketones is 1. The summed E-state index contributed by atoms with van der Waals surface area (Å²) in [6.45, 7) is 0. The van der Waals surface area contributed by atoms with Gasteiger partial charge in [-0.05, 0) is 34.7 Å². The average Bonchev–Trinajstić information content (AvgIpc) is 2.71. The van der Waals surface area contributed by atoms with Gasteiger partial charge in [-0.3, -0.25) is 4.79 Å². The lowest BCUT2D eigenvalue weighted by molar-refractivity contribution is -0.107. The molecule has 2 nitrogen and oxygen atoms in total. The first-order valence-electron chi connectivity index (χ1n) is 6.31. The third-order valence-electron chi connectivity index (χ3n) is 3.64. The molecule has 0 bridgehead atoms. The Balaban J connectivity index is 2.10. The zero-order valence-electron chi connectivity index (χ0n) is 10.1. The summed E-state index contributed by atoms with van der Waals surface area (Å²) >= 11 is 0. The molecule has 0 heterocycles. The molecule has 0 N–H and O–H groups in total. The Morgan fingerprint density at radius 2 is 2.06 bits per heavy atom. The number of rotatable bonds is 4. The van der Waals surface area contributed by atoms with Gasteiger partial charge in [-0.15, -0.1) is 0 Å². The minimum atomic E-state index is 0.223. The maximum absolute atomic E-state index is 11.9. The van der Waals surface area contributed by atoms with Gasteiger partial charge in [0.2, 0.25) is 0 Å². The van der Waals surface area contributed by atoms with Crippen molar-refractivity contribution in [1.29, 1.82) is 0 Å². The van der Waals surface area contributed by atoms with Crippen LogP contribution in [-0.2, 0) is 17.6 Å². The van der Waals surface area contributed by atoms with Crippen molar-refractivity contribution in [1.82, 2.24) is 0 Å². The molecule has 0 spiro atoms. The molecule has 0 fully saturated rings. The van der Waals surface area contributed by atoms with Gasteiger partial charge in [-0.1, -0.05) is 30.3 Å². The molecule has 0 saturated heterocycles. The molecule has 0 saturated carbocycles. The topological polar surface area (TPSA) is 34.1 Å². The van der Waals surface area contributed by atoms with Gasteiger partial charge < -0.3 is 4.79 Å². The van der Waals surface area contributed by atoms with Gasteiger partial charge in [-0.25, -0.2) is 0 Å². The van der Waals surface area contributed by atoms with Crippen LogP contribution in [0.3, 0.4) is 0 Å². The predicted molar refractivity (Wildman–Crippen MR) is 71.0 cm³/mol. The minimum absolute atomic E-state index is 0.223. The quantitative estimate of drug-likeness (QED) is 0.606. The summed E-state index contributed by atoms with van der Waals surface area (Å²) in [6.07, 6.45) is 3.86. The van der Waals surface area contributed by atoms with E-state index in [1.54, 1.807) is 0 Å². The summed E-state index contributed by atoms with van der Waals surface area (Å²) in [7, 11) is 0. The van der Waals surface area contributed by atoms with E-state index in [0.717, 1.165) is 35.6 Å². The first-order valence-corrected chi connectivity index (χ1v) is 6.31. The molecule has 90 valence electrons. The average molecular weight is 238 g/mol. The van der Waals surface area contributed by atoms with Gasteiger partial charge in [0, 0.05) is 18.4 Å². The first kappa shape index (κ1) is 11.1. The number of benzene rings is 2. The zero-order chi connectivity index (χ0) is 12.5. The molecular weight excluding hydrogens is 224 g/mol. The first-order chi connectivity index (χ1) is 8.81. The van der Waals surface area contributed by atoms with E-state index >= 15 is 0 Å². The Labute approximate surface area is 106 Å². The molecule has 0 aromatic heterocycles. The normalized spacial score (nSPS) is 13.2. The van der Waals surface area contributed by atoms with Gasteiger partial charge in [-0.2, -0.15) is 0 Å². The number of carbonyl (C=O) groups excluding carboxylic acids is 2. The number of hydrogen-bond donors (Lipinski definition) is 0. The second-order valence-corrected chi connectivity index (χ2v) is 4.77. The minimum Gasteiger partial charge on any atom is -0.303 e. The molecule has 2 heteroatoms. The smallest absolute Gasteiger partial charge is 0.167 e. The van der Waals surface area contributed by atoms with Crippen LogP contribution in [0.4, 0.5) is 0 Å². The summed E-state index contributed by atoms with van der Waals surface area (Å²) in [6, 6.07) is 10.1. The molecule has 3 rings (SSSR count). The maximum Gasteiger partial charge on any atom is 0.167 e. The SMILES string of the molecule is O=CCCCc1ccc2c3c(cccc13)C(=O)C2. The third-order valence-corrected chi connectivity index (χ3v) is 3.64.